The van der Waals surface area contributed by atoms with Crippen LogP contribution in [0.1, 0.15) is 11.4 Å². The van der Waals surface area contributed by atoms with Gasteiger partial charge in [-0.2, -0.15) is 9.97 Å². The molecule has 0 saturated heterocycles. The highest BCUT2D eigenvalue weighted by molar-refractivity contribution is 5.95. The molecule has 4 rings (SSSR count). The number of aryl methyl sites for hydroxylation is 2. The van der Waals surface area contributed by atoms with Crippen molar-refractivity contribution in [2.45, 2.75) is 13.8 Å². The molecule has 2 heterocycles. The van der Waals surface area contributed by atoms with E-state index in [1.165, 1.54) is 12.1 Å². The van der Waals surface area contributed by atoms with E-state index in [1.54, 1.807) is 19.1 Å². The monoisotopic (exact) mass is 392 g/mol. The molecule has 0 aliphatic heterocycles. The van der Waals surface area contributed by atoms with Gasteiger partial charge in [0.05, 0.1) is 0 Å². The van der Waals surface area contributed by atoms with Gasteiger partial charge in [-0.1, -0.05) is 23.4 Å². The van der Waals surface area contributed by atoms with E-state index in [4.69, 9.17) is 9.26 Å². The molecule has 2 aromatic carbocycles. The number of nitrogens with one attached hydrogen (secondary N) is 1. The van der Waals surface area contributed by atoms with E-state index in [0.717, 1.165) is 5.56 Å². The Kier molecular flexibility index (Phi) is 4.90. The summed E-state index contributed by atoms with van der Waals surface area (Å²) in [6.45, 7) is 3.33. The third-order valence-corrected chi connectivity index (χ3v) is 4.29. The van der Waals surface area contributed by atoms with Gasteiger partial charge in [-0.15, -0.1) is 0 Å². The molecule has 2 aromatic heterocycles. The van der Waals surface area contributed by atoms with Crippen molar-refractivity contribution < 1.29 is 18.4 Å². The van der Waals surface area contributed by atoms with Crippen molar-refractivity contribution in [2.75, 3.05) is 11.9 Å². The van der Waals surface area contributed by atoms with Gasteiger partial charge < -0.3 is 14.6 Å². The molecule has 0 saturated carbocycles. The summed E-state index contributed by atoms with van der Waals surface area (Å²) in [6.07, 6.45) is 0. The molecule has 0 spiro atoms. The standard InChI is InChI=1S/C21H17FN4O3/c1-12-5-3-4-6-16(12)25-17(27)11-28-20-18-19(14-7-9-15(22)10-8-14)26-29-21(18)24-13(2)23-20/h3-10H,11H2,1-2H3,(H,25,27). The summed E-state index contributed by atoms with van der Waals surface area (Å²) in [4.78, 5) is 20.8. The number of hydrogen-bond donors (Lipinski definition) is 1. The van der Waals surface area contributed by atoms with Crippen molar-refractivity contribution in [3.05, 3.63) is 65.7 Å². The molecule has 146 valence electrons. The summed E-state index contributed by atoms with van der Waals surface area (Å²) >= 11 is 0. The highest BCUT2D eigenvalue weighted by atomic mass is 19.1. The number of benzene rings is 2. The van der Waals surface area contributed by atoms with Crippen LogP contribution in [0, 0.1) is 19.7 Å². The van der Waals surface area contributed by atoms with Gasteiger partial charge in [-0.05, 0) is 49.7 Å². The van der Waals surface area contributed by atoms with Crippen LogP contribution in [0.25, 0.3) is 22.4 Å². The maximum Gasteiger partial charge on any atom is 0.265 e. The van der Waals surface area contributed by atoms with Gasteiger partial charge in [0, 0.05) is 11.3 Å². The highest BCUT2D eigenvalue weighted by Crippen LogP contribution is 2.33. The Morgan fingerprint density at radius 1 is 1.10 bits per heavy atom. The number of rotatable bonds is 5. The Bertz CT molecular complexity index is 1190. The van der Waals surface area contributed by atoms with Gasteiger partial charge >= 0.3 is 0 Å². The zero-order valence-corrected chi connectivity index (χ0v) is 15.8. The molecule has 8 heteroatoms. The molecule has 29 heavy (non-hydrogen) atoms. The number of carbonyl (C=O) groups is 1. The van der Waals surface area contributed by atoms with Gasteiger partial charge in [-0.3, -0.25) is 4.79 Å². The Hall–Kier alpha value is -3.81. The first-order valence-corrected chi connectivity index (χ1v) is 8.89. The second kappa shape index (κ2) is 7.67. The van der Waals surface area contributed by atoms with Gasteiger partial charge in [0.1, 0.15) is 22.7 Å². The number of nitrogens with zero attached hydrogens (tertiary/aromatic N) is 3. The van der Waals surface area contributed by atoms with Crippen LogP contribution in [0.2, 0.25) is 0 Å². The minimum absolute atomic E-state index is 0.174. The van der Waals surface area contributed by atoms with Crippen LogP contribution in [0.3, 0.4) is 0 Å². The molecule has 1 N–H and O–H groups in total. The van der Waals surface area contributed by atoms with Crippen LogP contribution in [-0.2, 0) is 4.79 Å². The number of aromatic nitrogens is 3. The lowest BCUT2D eigenvalue weighted by Gasteiger charge is -2.10. The maximum atomic E-state index is 13.3. The fourth-order valence-corrected chi connectivity index (χ4v) is 2.87. The molecule has 0 aliphatic carbocycles. The molecule has 0 atom stereocenters. The second-order valence-corrected chi connectivity index (χ2v) is 6.45. The van der Waals surface area contributed by atoms with E-state index in [2.05, 4.69) is 20.4 Å². The normalized spacial score (nSPS) is 10.9. The fourth-order valence-electron chi connectivity index (χ4n) is 2.87. The Labute approximate surface area is 165 Å². The molecule has 4 aromatic rings. The molecule has 0 aliphatic rings. The average Bonchev–Trinajstić information content (AvgIpc) is 3.12. The molecule has 0 unspecified atom stereocenters. The minimum Gasteiger partial charge on any atom is -0.467 e. The van der Waals surface area contributed by atoms with E-state index >= 15 is 0 Å². The van der Waals surface area contributed by atoms with Crippen molar-refractivity contribution in [1.82, 2.24) is 15.1 Å². The van der Waals surface area contributed by atoms with Crippen LogP contribution in [0.4, 0.5) is 10.1 Å². The lowest BCUT2D eigenvalue weighted by molar-refractivity contribution is -0.118. The lowest BCUT2D eigenvalue weighted by atomic mass is 10.1. The van der Waals surface area contributed by atoms with Gasteiger partial charge in [0.25, 0.3) is 11.6 Å². The SMILES string of the molecule is Cc1nc(OCC(=O)Nc2ccccc2C)c2c(-c3ccc(F)cc3)noc2n1. The number of ether oxygens (including phenoxy) is 1. The van der Waals surface area contributed by atoms with E-state index in [-0.39, 0.29) is 29.9 Å². The number of carbonyl (C=O) groups excluding carboxylic acids is 1. The van der Waals surface area contributed by atoms with Crippen LogP contribution < -0.4 is 10.1 Å². The number of halogens is 1. The van der Waals surface area contributed by atoms with Crippen LogP contribution in [-0.4, -0.2) is 27.6 Å². The average molecular weight is 392 g/mol. The third kappa shape index (κ3) is 3.91. The summed E-state index contributed by atoms with van der Waals surface area (Å²) < 4.78 is 24.2. The largest absolute Gasteiger partial charge is 0.467 e. The number of para-hydroxylation sites is 1. The molecule has 0 bridgehead atoms. The first-order chi connectivity index (χ1) is 14.0. The second-order valence-electron chi connectivity index (χ2n) is 6.45. The zero-order valence-electron chi connectivity index (χ0n) is 15.8. The van der Waals surface area contributed by atoms with Crippen molar-refractivity contribution in [3.8, 4) is 17.1 Å². The topological polar surface area (TPSA) is 90.1 Å². The van der Waals surface area contributed by atoms with Crippen molar-refractivity contribution in [3.63, 3.8) is 0 Å². The number of fused-ring (bicyclic) bond motifs is 1. The minimum atomic E-state index is -0.363. The molecule has 0 fully saturated rings. The first kappa shape index (κ1) is 18.5. The van der Waals surface area contributed by atoms with Gasteiger partial charge in [0.15, 0.2) is 6.61 Å². The van der Waals surface area contributed by atoms with E-state index in [0.29, 0.717) is 28.2 Å². The number of anilines is 1. The predicted molar refractivity (Wildman–Crippen MR) is 105 cm³/mol. The molecule has 0 radical (unpaired) electrons. The first-order valence-electron chi connectivity index (χ1n) is 8.89. The summed E-state index contributed by atoms with van der Waals surface area (Å²) in [5, 5.41) is 7.25. The molecular weight excluding hydrogens is 375 g/mol. The summed E-state index contributed by atoms with van der Waals surface area (Å²) in [6, 6.07) is 13.2. The number of amides is 1. The summed E-state index contributed by atoms with van der Waals surface area (Å²) in [5.41, 5.74) is 2.91. The summed E-state index contributed by atoms with van der Waals surface area (Å²) in [7, 11) is 0. The molecular formula is C21H17FN4O3. The van der Waals surface area contributed by atoms with E-state index in [9.17, 15) is 9.18 Å². The highest BCUT2D eigenvalue weighted by Gasteiger charge is 2.20. The quantitative estimate of drug-likeness (QED) is 0.551. The molecule has 1 amide bonds. The van der Waals surface area contributed by atoms with Gasteiger partial charge in [0.2, 0.25) is 5.88 Å². The van der Waals surface area contributed by atoms with Crippen molar-refractivity contribution in [2.24, 2.45) is 0 Å². The van der Waals surface area contributed by atoms with Crippen molar-refractivity contribution >= 4 is 22.7 Å². The lowest BCUT2D eigenvalue weighted by Crippen LogP contribution is -2.21. The predicted octanol–water partition coefficient (Wildman–Crippen LogP) is 4.06. The maximum absolute atomic E-state index is 13.3. The van der Waals surface area contributed by atoms with Crippen LogP contribution in [0.15, 0.2) is 53.1 Å². The van der Waals surface area contributed by atoms with Crippen LogP contribution >= 0.6 is 0 Å². The Morgan fingerprint density at radius 3 is 2.62 bits per heavy atom. The Balaban J connectivity index is 1.61. The Morgan fingerprint density at radius 2 is 1.86 bits per heavy atom. The number of hydrogen-bond acceptors (Lipinski definition) is 6. The van der Waals surface area contributed by atoms with Crippen molar-refractivity contribution in [1.29, 1.82) is 0 Å². The van der Waals surface area contributed by atoms with Gasteiger partial charge in [-0.25, -0.2) is 4.39 Å². The smallest absolute Gasteiger partial charge is 0.265 e. The molecule has 7 nitrogen and oxygen atoms in total. The summed E-state index contributed by atoms with van der Waals surface area (Å²) in [5.74, 6) is -0.108. The van der Waals surface area contributed by atoms with E-state index < -0.39 is 0 Å². The van der Waals surface area contributed by atoms with E-state index in [1.807, 2.05) is 31.2 Å². The zero-order chi connectivity index (χ0) is 20.4. The third-order valence-electron chi connectivity index (χ3n) is 4.29. The van der Waals surface area contributed by atoms with Crippen LogP contribution in [0.5, 0.6) is 5.88 Å². The fraction of sp³-hybridized carbons (Fsp3) is 0.143.